The zero-order valence-corrected chi connectivity index (χ0v) is 16.0. The second kappa shape index (κ2) is 8.72. The SMILES string of the molecule is CC1=CC(C)CC(CNCC(NC(=O)OC(C)(C)C)C(C)C)C1. The zero-order valence-electron chi connectivity index (χ0n) is 16.0. The summed E-state index contributed by atoms with van der Waals surface area (Å²) < 4.78 is 5.36. The summed E-state index contributed by atoms with van der Waals surface area (Å²) in [4.78, 5) is 12.0. The van der Waals surface area contributed by atoms with Crippen molar-refractivity contribution in [3.63, 3.8) is 0 Å². The van der Waals surface area contributed by atoms with E-state index in [1.165, 1.54) is 18.4 Å². The largest absolute Gasteiger partial charge is 0.444 e. The topological polar surface area (TPSA) is 50.4 Å². The molecule has 3 unspecified atom stereocenters. The van der Waals surface area contributed by atoms with Crippen LogP contribution in [0.15, 0.2) is 11.6 Å². The number of alkyl carbamates (subject to hydrolysis) is 1. The van der Waals surface area contributed by atoms with Crippen molar-refractivity contribution in [1.82, 2.24) is 10.6 Å². The Balaban J connectivity index is 2.39. The Labute approximate surface area is 142 Å². The molecule has 0 heterocycles. The fourth-order valence-electron chi connectivity index (χ4n) is 3.20. The standard InChI is InChI=1S/C19H36N2O2/c1-13(2)17(21-18(22)23-19(5,6)7)12-20-11-16-9-14(3)8-15(4)10-16/h8,13-14,16-17,20H,9-12H2,1-7H3,(H,21,22). The van der Waals surface area contributed by atoms with Crippen LogP contribution in [-0.4, -0.2) is 30.8 Å². The monoisotopic (exact) mass is 324 g/mol. The lowest BCUT2D eigenvalue weighted by Gasteiger charge is -2.28. The second-order valence-electron chi connectivity index (χ2n) is 8.45. The van der Waals surface area contributed by atoms with E-state index in [2.05, 4.69) is 44.4 Å². The Morgan fingerprint density at radius 1 is 1.39 bits per heavy atom. The van der Waals surface area contributed by atoms with Gasteiger partial charge in [0.05, 0.1) is 0 Å². The van der Waals surface area contributed by atoms with Crippen molar-refractivity contribution in [2.45, 2.75) is 73.0 Å². The van der Waals surface area contributed by atoms with Crippen LogP contribution in [0.1, 0.15) is 61.3 Å². The molecule has 3 atom stereocenters. The van der Waals surface area contributed by atoms with Gasteiger partial charge in [0.1, 0.15) is 5.60 Å². The summed E-state index contributed by atoms with van der Waals surface area (Å²) in [5, 5.41) is 6.54. The third kappa shape index (κ3) is 8.40. The van der Waals surface area contributed by atoms with Gasteiger partial charge in [-0.3, -0.25) is 0 Å². The van der Waals surface area contributed by atoms with Gasteiger partial charge in [0.2, 0.25) is 0 Å². The van der Waals surface area contributed by atoms with Crippen LogP contribution in [-0.2, 0) is 4.74 Å². The number of ether oxygens (including phenoxy) is 1. The second-order valence-corrected chi connectivity index (χ2v) is 8.45. The summed E-state index contributed by atoms with van der Waals surface area (Å²) in [7, 11) is 0. The minimum atomic E-state index is -0.457. The van der Waals surface area contributed by atoms with Crippen LogP contribution >= 0.6 is 0 Å². The Morgan fingerprint density at radius 3 is 2.57 bits per heavy atom. The molecule has 1 amide bonds. The molecule has 0 aliphatic heterocycles. The lowest BCUT2D eigenvalue weighted by molar-refractivity contribution is 0.0490. The molecule has 0 aromatic rings. The maximum Gasteiger partial charge on any atom is 0.407 e. The molecule has 4 heteroatoms. The summed E-state index contributed by atoms with van der Waals surface area (Å²) in [6.07, 6.45) is 4.49. The Kier molecular flexibility index (Phi) is 7.59. The molecule has 4 nitrogen and oxygen atoms in total. The van der Waals surface area contributed by atoms with Gasteiger partial charge in [-0.1, -0.05) is 32.4 Å². The van der Waals surface area contributed by atoms with Crippen molar-refractivity contribution in [1.29, 1.82) is 0 Å². The highest BCUT2D eigenvalue weighted by molar-refractivity contribution is 5.68. The Hall–Kier alpha value is -1.03. The zero-order chi connectivity index (χ0) is 17.6. The van der Waals surface area contributed by atoms with Gasteiger partial charge in [-0.15, -0.1) is 0 Å². The first-order valence-corrected chi connectivity index (χ1v) is 8.94. The first-order chi connectivity index (χ1) is 10.6. The molecule has 0 bridgehead atoms. The van der Waals surface area contributed by atoms with Gasteiger partial charge in [-0.25, -0.2) is 4.79 Å². The van der Waals surface area contributed by atoms with Crippen molar-refractivity contribution < 1.29 is 9.53 Å². The van der Waals surface area contributed by atoms with Gasteiger partial charge >= 0.3 is 6.09 Å². The molecule has 1 rings (SSSR count). The normalized spacial score (nSPS) is 23.4. The van der Waals surface area contributed by atoms with Gasteiger partial charge in [-0.05, 0) is 64.8 Å². The molecule has 1 aliphatic carbocycles. The Morgan fingerprint density at radius 2 is 2.04 bits per heavy atom. The summed E-state index contributed by atoms with van der Waals surface area (Å²) >= 11 is 0. The molecule has 0 aromatic carbocycles. The molecule has 23 heavy (non-hydrogen) atoms. The smallest absolute Gasteiger partial charge is 0.407 e. The van der Waals surface area contributed by atoms with E-state index in [4.69, 9.17) is 4.74 Å². The minimum Gasteiger partial charge on any atom is -0.444 e. The van der Waals surface area contributed by atoms with E-state index >= 15 is 0 Å². The number of hydrogen-bond donors (Lipinski definition) is 2. The fraction of sp³-hybridized carbons (Fsp3) is 0.842. The lowest BCUT2D eigenvalue weighted by atomic mass is 9.83. The molecule has 2 N–H and O–H groups in total. The highest BCUT2D eigenvalue weighted by Gasteiger charge is 2.22. The highest BCUT2D eigenvalue weighted by Crippen LogP contribution is 2.27. The van der Waals surface area contributed by atoms with Gasteiger partial charge in [0, 0.05) is 12.6 Å². The van der Waals surface area contributed by atoms with Gasteiger partial charge in [-0.2, -0.15) is 0 Å². The van der Waals surface area contributed by atoms with E-state index in [-0.39, 0.29) is 12.1 Å². The van der Waals surface area contributed by atoms with Crippen LogP contribution < -0.4 is 10.6 Å². The fourth-order valence-corrected chi connectivity index (χ4v) is 3.20. The van der Waals surface area contributed by atoms with Crippen LogP contribution in [0, 0.1) is 17.8 Å². The molecule has 0 aromatic heterocycles. The van der Waals surface area contributed by atoms with Crippen LogP contribution in [0.5, 0.6) is 0 Å². The number of amides is 1. The summed E-state index contributed by atoms with van der Waals surface area (Å²) in [6.45, 7) is 16.2. The van der Waals surface area contributed by atoms with Crippen LogP contribution in [0.3, 0.4) is 0 Å². The molecule has 0 saturated heterocycles. The van der Waals surface area contributed by atoms with Crippen molar-refractivity contribution in [3.05, 3.63) is 11.6 Å². The molecule has 0 spiro atoms. The van der Waals surface area contributed by atoms with Crippen LogP contribution in [0.2, 0.25) is 0 Å². The number of hydrogen-bond acceptors (Lipinski definition) is 3. The quantitative estimate of drug-likeness (QED) is 0.723. The summed E-state index contributed by atoms with van der Waals surface area (Å²) in [5.41, 5.74) is 1.05. The van der Waals surface area contributed by atoms with E-state index in [9.17, 15) is 4.79 Å². The third-order valence-corrected chi connectivity index (χ3v) is 4.19. The van der Waals surface area contributed by atoms with E-state index in [1.54, 1.807) is 0 Å². The predicted molar refractivity (Wildman–Crippen MR) is 96.5 cm³/mol. The van der Waals surface area contributed by atoms with Gasteiger partial charge in [0.15, 0.2) is 0 Å². The highest BCUT2D eigenvalue weighted by atomic mass is 16.6. The molecular formula is C19H36N2O2. The summed E-state index contributed by atoms with van der Waals surface area (Å²) in [6, 6.07) is 0.0857. The number of allylic oxidation sites excluding steroid dienone is 2. The van der Waals surface area contributed by atoms with E-state index in [1.807, 2.05) is 20.8 Å². The van der Waals surface area contributed by atoms with Crippen molar-refractivity contribution in [2.75, 3.05) is 13.1 Å². The lowest BCUT2D eigenvalue weighted by Crippen LogP contribution is -2.47. The first kappa shape index (κ1) is 20.0. The molecule has 0 radical (unpaired) electrons. The predicted octanol–water partition coefficient (Wildman–Crippen LogP) is 4.12. The average molecular weight is 325 g/mol. The van der Waals surface area contributed by atoms with E-state index in [0.717, 1.165) is 13.1 Å². The van der Waals surface area contributed by atoms with Crippen molar-refractivity contribution in [2.24, 2.45) is 17.8 Å². The first-order valence-electron chi connectivity index (χ1n) is 8.94. The van der Waals surface area contributed by atoms with Crippen molar-refractivity contribution in [3.8, 4) is 0 Å². The molecule has 1 aliphatic rings. The molecule has 0 saturated carbocycles. The molecule has 0 fully saturated rings. The molecule has 134 valence electrons. The van der Waals surface area contributed by atoms with Crippen LogP contribution in [0.25, 0.3) is 0 Å². The van der Waals surface area contributed by atoms with E-state index < -0.39 is 5.60 Å². The van der Waals surface area contributed by atoms with Crippen molar-refractivity contribution >= 4 is 6.09 Å². The maximum atomic E-state index is 12.0. The summed E-state index contributed by atoms with van der Waals surface area (Å²) in [5.74, 6) is 1.74. The number of carbonyl (C=O) groups excluding carboxylic acids is 1. The third-order valence-electron chi connectivity index (χ3n) is 4.19. The number of rotatable bonds is 6. The average Bonchev–Trinajstić information content (AvgIpc) is 2.33. The number of nitrogens with one attached hydrogen (secondary N) is 2. The van der Waals surface area contributed by atoms with Crippen LogP contribution in [0.4, 0.5) is 4.79 Å². The maximum absolute atomic E-state index is 12.0. The van der Waals surface area contributed by atoms with Gasteiger partial charge in [0.25, 0.3) is 0 Å². The minimum absolute atomic E-state index is 0.0857. The molecular weight excluding hydrogens is 288 g/mol. The Bertz CT molecular complexity index is 410. The van der Waals surface area contributed by atoms with E-state index in [0.29, 0.717) is 17.8 Å². The number of carbonyl (C=O) groups is 1. The van der Waals surface area contributed by atoms with Gasteiger partial charge < -0.3 is 15.4 Å².